The number of carbonyl (C=O) groups excluding carboxylic acids is 1. The number of carbonyl (C=O) groups is 1. The maximum Gasteiger partial charge on any atom is 0.282 e. The van der Waals surface area contributed by atoms with Gasteiger partial charge in [-0.2, -0.15) is 0 Å². The zero-order valence-corrected chi connectivity index (χ0v) is 16.5. The molecule has 7 nitrogen and oxygen atoms in total. The van der Waals surface area contributed by atoms with Gasteiger partial charge in [0.05, 0.1) is 11.5 Å². The van der Waals surface area contributed by atoms with Crippen LogP contribution < -0.4 is 15.4 Å². The Morgan fingerprint density at radius 3 is 2.68 bits per heavy atom. The number of rotatable bonds is 9. The van der Waals surface area contributed by atoms with E-state index in [0.717, 1.165) is 12.8 Å². The number of nitrogens with zero attached hydrogens (tertiary/aromatic N) is 1. The Bertz CT molecular complexity index is 842. The summed E-state index contributed by atoms with van der Waals surface area (Å²) in [5.74, 6) is 0.0578. The fraction of sp³-hybridized carbons (Fsp3) is 0.300. The number of amides is 1. The molecule has 0 spiro atoms. The van der Waals surface area contributed by atoms with Gasteiger partial charge in [-0.1, -0.05) is 44.4 Å². The molecule has 0 atom stereocenters. The van der Waals surface area contributed by atoms with Gasteiger partial charge in [0.1, 0.15) is 11.3 Å². The number of para-hydroxylation sites is 1. The second kappa shape index (κ2) is 11.0. The summed E-state index contributed by atoms with van der Waals surface area (Å²) in [5, 5.41) is 16.4. The molecule has 0 heterocycles. The lowest BCUT2D eigenvalue weighted by Crippen LogP contribution is -2.34. The molecular weight excluding hydrogens is 378 g/mol. The number of unbranched alkanes of at least 4 members (excludes halogenated alkanes) is 3. The largest absolute Gasteiger partial charge is 0.494 e. The molecule has 0 aliphatic rings. The third kappa shape index (κ3) is 6.62. The zero-order valence-electron chi connectivity index (χ0n) is 15.6. The molecule has 2 N–H and O–H groups in total. The summed E-state index contributed by atoms with van der Waals surface area (Å²) in [4.78, 5) is 22.7. The molecule has 28 heavy (non-hydrogen) atoms. The van der Waals surface area contributed by atoms with E-state index in [1.807, 2.05) is 12.1 Å². The van der Waals surface area contributed by atoms with E-state index in [1.54, 1.807) is 18.2 Å². The van der Waals surface area contributed by atoms with Crippen molar-refractivity contribution in [2.75, 3.05) is 11.9 Å². The predicted octanol–water partition coefficient (Wildman–Crippen LogP) is 4.68. The van der Waals surface area contributed by atoms with Crippen molar-refractivity contribution >= 4 is 34.6 Å². The minimum Gasteiger partial charge on any atom is -0.494 e. The number of ether oxygens (including phenoxy) is 1. The highest BCUT2D eigenvalue weighted by atomic mass is 32.1. The maximum atomic E-state index is 12.3. The van der Waals surface area contributed by atoms with Crippen molar-refractivity contribution in [3.63, 3.8) is 0 Å². The summed E-state index contributed by atoms with van der Waals surface area (Å²) >= 11 is 5.15. The average Bonchev–Trinajstić information content (AvgIpc) is 2.68. The Balaban J connectivity index is 1.92. The van der Waals surface area contributed by atoms with Crippen molar-refractivity contribution in [3.05, 3.63) is 64.2 Å². The molecule has 8 heteroatoms. The van der Waals surface area contributed by atoms with Crippen molar-refractivity contribution in [3.8, 4) is 5.75 Å². The normalized spacial score (nSPS) is 10.2. The van der Waals surface area contributed by atoms with Gasteiger partial charge >= 0.3 is 0 Å². The quantitative estimate of drug-likeness (QED) is 0.274. The van der Waals surface area contributed by atoms with E-state index in [2.05, 4.69) is 17.6 Å². The van der Waals surface area contributed by atoms with Gasteiger partial charge < -0.3 is 10.1 Å². The lowest BCUT2D eigenvalue weighted by Gasteiger charge is -2.11. The van der Waals surface area contributed by atoms with E-state index >= 15 is 0 Å². The maximum absolute atomic E-state index is 12.3. The van der Waals surface area contributed by atoms with Crippen LogP contribution >= 0.6 is 12.2 Å². The van der Waals surface area contributed by atoms with Crippen LogP contribution in [0.2, 0.25) is 0 Å². The summed E-state index contributed by atoms with van der Waals surface area (Å²) in [7, 11) is 0. The van der Waals surface area contributed by atoms with Crippen molar-refractivity contribution < 1.29 is 14.5 Å². The number of hydrogen-bond donors (Lipinski definition) is 2. The van der Waals surface area contributed by atoms with Crippen molar-refractivity contribution in [2.24, 2.45) is 0 Å². The van der Waals surface area contributed by atoms with Gasteiger partial charge in [-0.25, -0.2) is 0 Å². The number of hydrogen-bond acceptors (Lipinski definition) is 5. The molecule has 0 bridgehead atoms. The standard InChI is InChI=1S/C20H23N3O4S/c1-2-3-4-7-13-27-16-10-8-9-15(14-16)21-20(28)22-19(24)17-11-5-6-12-18(17)23(25)26/h5-6,8-12,14H,2-4,7,13H2,1H3,(H2,21,22,24,28). The second-order valence-electron chi connectivity index (χ2n) is 6.12. The molecule has 0 aliphatic carbocycles. The molecule has 1 amide bonds. The van der Waals surface area contributed by atoms with Crippen LogP contribution in [0.15, 0.2) is 48.5 Å². The topological polar surface area (TPSA) is 93.5 Å². The molecule has 2 rings (SSSR count). The lowest BCUT2D eigenvalue weighted by atomic mass is 10.1. The van der Waals surface area contributed by atoms with Crippen LogP contribution in [0, 0.1) is 10.1 Å². The molecule has 2 aromatic carbocycles. The molecule has 0 fully saturated rings. The first-order chi connectivity index (χ1) is 13.5. The minimum absolute atomic E-state index is 0.0447. The van der Waals surface area contributed by atoms with Crippen LogP contribution in [-0.4, -0.2) is 22.5 Å². The molecule has 0 aromatic heterocycles. The van der Waals surface area contributed by atoms with E-state index in [0.29, 0.717) is 18.0 Å². The van der Waals surface area contributed by atoms with Crippen LogP contribution in [0.4, 0.5) is 11.4 Å². The molecular formula is C20H23N3O4S. The Hall–Kier alpha value is -3.00. The number of nitro groups is 1. The van der Waals surface area contributed by atoms with E-state index in [1.165, 1.54) is 31.0 Å². The van der Waals surface area contributed by atoms with Gasteiger partial charge in [0.25, 0.3) is 11.6 Å². The summed E-state index contributed by atoms with van der Waals surface area (Å²) in [6.07, 6.45) is 4.50. The molecule has 0 saturated carbocycles. The van der Waals surface area contributed by atoms with E-state index in [4.69, 9.17) is 17.0 Å². The highest BCUT2D eigenvalue weighted by Gasteiger charge is 2.19. The van der Waals surface area contributed by atoms with Gasteiger partial charge in [-0.15, -0.1) is 0 Å². The number of nitro benzene ring substituents is 1. The SMILES string of the molecule is CCCCCCOc1cccc(NC(=S)NC(=O)c2ccccc2[N+](=O)[O-])c1. The van der Waals surface area contributed by atoms with Gasteiger partial charge in [-0.3, -0.25) is 20.2 Å². The fourth-order valence-corrected chi connectivity index (χ4v) is 2.75. The van der Waals surface area contributed by atoms with E-state index in [-0.39, 0.29) is 16.4 Å². The fourth-order valence-electron chi connectivity index (χ4n) is 2.54. The number of benzene rings is 2. The van der Waals surface area contributed by atoms with Crippen LogP contribution in [0.25, 0.3) is 0 Å². The third-order valence-electron chi connectivity index (χ3n) is 3.93. The van der Waals surface area contributed by atoms with Crippen LogP contribution in [0.3, 0.4) is 0 Å². The van der Waals surface area contributed by atoms with Gasteiger partial charge in [0.15, 0.2) is 5.11 Å². The van der Waals surface area contributed by atoms with Crippen molar-refractivity contribution in [2.45, 2.75) is 32.6 Å². The Kier molecular flexibility index (Phi) is 8.36. The van der Waals surface area contributed by atoms with Crippen molar-refractivity contribution in [1.29, 1.82) is 0 Å². The summed E-state index contributed by atoms with van der Waals surface area (Å²) < 4.78 is 5.72. The number of anilines is 1. The van der Waals surface area contributed by atoms with Crippen molar-refractivity contribution in [1.82, 2.24) is 5.32 Å². The van der Waals surface area contributed by atoms with Crippen LogP contribution in [-0.2, 0) is 0 Å². The molecule has 0 saturated heterocycles. The summed E-state index contributed by atoms with van der Waals surface area (Å²) in [6.45, 7) is 2.80. The first kappa shape index (κ1) is 21.3. The third-order valence-corrected chi connectivity index (χ3v) is 4.14. The molecule has 0 radical (unpaired) electrons. The molecule has 2 aromatic rings. The first-order valence-corrected chi connectivity index (χ1v) is 9.50. The summed E-state index contributed by atoms with van der Waals surface area (Å²) in [6, 6.07) is 12.9. The smallest absolute Gasteiger partial charge is 0.282 e. The lowest BCUT2D eigenvalue weighted by molar-refractivity contribution is -0.385. The number of nitrogens with one attached hydrogen (secondary N) is 2. The zero-order chi connectivity index (χ0) is 20.4. The van der Waals surface area contributed by atoms with E-state index in [9.17, 15) is 14.9 Å². The molecule has 0 unspecified atom stereocenters. The molecule has 148 valence electrons. The Labute approximate surface area is 169 Å². The first-order valence-electron chi connectivity index (χ1n) is 9.10. The van der Waals surface area contributed by atoms with Crippen LogP contribution in [0.5, 0.6) is 5.75 Å². The van der Waals surface area contributed by atoms with Gasteiger partial charge in [-0.05, 0) is 36.8 Å². The highest BCUT2D eigenvalue weighted by molar-refractivity contribution is 7.80. The average molecular weight is 401 g/mol. The van der Waals surface area contributed by atoms with Crippen LogP contribution in [0.1, 0.15) is 43.0 Å². The minimum atomic E-state index is -0.645. The monoisotopic (exact) mass is 401 g/mol. The molecule has 0 aliphatic heterocycles. The Morgan fingerprint density at radius 2 is 1.93 bits per heavy atom. The predicted molar refractivity (Wildman–Crippen MR) is 113 cm³/mol. The summed E-state index contributed by atoms with van der Waals surface area (Å²) in [5.41, 5.74) is 0.320. The number of thiocarbonyl (C=S) groups is 1. The van der Waals surface area contributed by atoms with Gasteiger partial charge in [0, 0.05) is 17.8 Å². The highest BCUT2D eigenvalue weighted by Crippen LogP contribution is 2.19. The van der Waals surface area contributed by atoms with E-state index < -0.39 is 10.8 Å². The van der Waals surface area contributed by atoms with Gasteiger partial charge in [0.2, 0.25) is 0 Å². The second-order valence-corrected chi connectivity index (χ2v) is 6.53. The Morgan fingerprint density at radius 1 is 1.14 bits per heavy atom.